The van der Waals surface area contributed by atoms with Gasteiger partial charge < -0.3 is 10.6 Å². The molecule has 0 amide bonds. The van der Waals surface area contributed by atoms with Crippen LogP contribution in [0.1, 0.15) is 42.5 Å². The maximum Gasteiger partial charge on any atom is 0.191 e. The second kappa shape index (κ2) is 9.76. The summed E-state index contributed by atoms with van der Waals surface area (Å²) in [5.74, 6) is 0.819. The van der Waals surface area contributed by atoms with Crippen molar-refractivity contribution < 1.29 is 8.42 Å². The Balaban J connectivity index is 1.53. The van der Waals surface area contributed by atoms with Crippen molar-refractivity contribution in [3.63, 3.8) is 0 Å². The molecule has 2 N–H and O–H groups in total. The van der Waals surface area contributed by atoms with Gasteiger partial charge >= 0.3 is 0 Å². The molecule has 1 aliphatic rings. The SMILES string of the molecule is CN=C(NCCc1ccc(S(C)(=O)=O)cc1)NCC1(c2cccs2)CCCCC1. The van der Waals surface area contributed by atoms with Crippen LogP contribution in [0.25, 0.3) is 0 Å². The van der Waals surface area contributed by atoms with Gasteiger partial charge in [-0.1, -0.05) is 37.5 Å². The van der Waals surface area contributed by atoms with E-state index in [0.29, 0.717) is 4.90 Å². The molecule has 2 aromatic rings. The topological polar surface area (TPSA) is 70.6 Å². The fraction of sp³-hybridized carbons (Fsp3) is 0.500. The van der Waals surface area contributed by atoms with Crippen LogP contribution >= 0.6 is 11.3 Å². The van der Waals surface area contributed by atoms with Crippen LogP contribution in [0.5, 0.6) is 0 Å². The van der Waals surface area contributed by atoms with E-state index in [0.717, 1.165) is 31.0 Å². The van der Waals surface area contributed by atoms with Gasteiger partial charge in [0.05, 0.1) is 4.90 Å². The Morgan fingerprint density at radius 2 is 1.83 bits per heavy atom. The molecule has 29 heavy (non-hydrogen) atoms. The van der Waals surface area contributed by atoms with E-state index < -0.39 is 9.84 Å². The quantitative estimate of drug-likeness (QED) is 0.515. The molecule has 0 bridgehead atoms. The molecule has 1 heterocycles. The summed E-state index contributed by atoms with van der Waals surface area (Å²) in [6.45, 7) is 1.64. The zero-order chi connectivity index (χ0) is 20.7. The van der Waals surface area contributed by atoms with E-state index in [2.05, 4.69) is 33.1 Å². The number of nitrogens with zero attached hydrogens (tertiary/aromatic N) is 1. The molecule has 1 aliphatic carbocycles. The van der Waals surface area contributed by atoms with Crippen LogP contribution < -0.4 is 10.6 Å². The van der Waals surface area contributed by atoms with Crippen molar-refractivity contribution in [2.75, 3.05) is 26.4 Å². The van der Waals surface area contributed by atoms with E-state index in [9.17, 15) is 8.42 Å². The number of guanidine groups is 1. The van der Waals surface area contributed by atoms with Crippen LogP contribution in [0.4, 0.5) is 0 Å². The molecule has 158 valence electrons. The summed E-state index contributed by atoms with van der Waals surface area (Å²) in [4.78, 5) is 6.22. The fourth-order valence-corrected chi connectivity index (χ4v) is 5.64. The minimum absolute atomic E-state index is 0.214. The molecule has 3 rings (SSSR count). The number of sulfone groups is 1. The highest BCUT2D eigenvalue weighted by atomic mass is 32.2. The summed E-state index contributed by atoms with van der Waals surface area (Å²) in [7, 11) is -1.34. The number of benzene rings is 1. The van der Waals surface area contributed by atoms with Gasteiger partial charge in [0.2, 0.25) is 0 Å². The average molecular weight is 434 g/mol. The Morgan fingerprint density at radius 3 is 2.41 bits per heavy atom. The maximum absolute atomic E-state index is 11.6. The number of nitrogens with one attached hydrogen (secondary N) is 2. The second-order valence-corrected chi connectivity index (χ2v) is 10.8. The third kappa shape index (κ3) is 5.82. The Bertz CT molecular complexity index is 898. The fourth-order valence-electron chi connectivity index (χ4n) is 4.02. The van der Waals surface area contributed by atoms with Crippen LogP contribution in [0, 0.1) is 0 Å². The predicted molar refractivity (Wildman–Crippen MR) is 122 cm³/mol. The Morgan fingerprint density at radius 1 is 1.10 bits per heavy atom. The first-order valence-corrected chi connectivity index (χ1v) is 13.0. The largest absolute Gasteiger partial charge is 0.356 e. The van der Waals surface area contributed by atoms with Crippen molar-refractivity contribution in [3.05, 3.63) is 52.2 Å². The van der Waals surface area contributed by atoms with Gasteiger partial charge in [0.15, 0.2) is 15.8 Å². The molecule has 5 nitrogen and oxygen atoms in total. The summed E-state index contributed by atoms with van der Waals surface area (Å²) in [5.41, 5.74) is 1.31. The molecular weight excluding hydrogens is 402 g/mol. The van der Waals surface area contributed by atoms with Gasteiger partial charge in [0.25, 0.3) is 0 Å². The third-order valence-corrected chi connectivity index (χ3v) is 7.97. The molecular formula is C22H31N3O2S2. The van der Waals surface area contributed by atoms with E-state index in [1.54, 1.807) is 19.2 Å². The number of thiophene rings is 1. The zero-order valence-corrected chi connectivity index (χ0v) is 18.9. The molecule has 1 fully saturated rings. The van der Waals surface area contributed by atoms with Gasteiger partial charge in [0, 0.05) is 36.7 Å². The van der Waals surface area contributed by atoms with Crippen molar-refractivity contribution in [2.24, 2.45) is 4.99 Å². The van der Waals surface area contributed by atoms with E-state index in [1.165, 1.54) is 43.2 Å². The summed E-state index contributed by atoms with van der Waals surface area (Å²) in [6, 6.07) is 11.5. The first-order chi connectivity index (χ1) is 13.9. The van der Waals surface area contributed by atoms with Crippen LogP contribution in [-0.2, 0) is 21.7 Å². The zero-order valence-electron chi connectivity index (χ0n) is 17.3. The smallest absolute Gasteiger partial charge is 0.191 e. The Kier molecular flexibility index (Phi) is 7.35. The monoisotopic (exact) mass is 433 g/mol. The second-order valence-electron chi connectivity index (χ2n) is 7.84. The number of hydrogen-bond acceptors (Lipinski definition) is 4. The van der Waals surface area contributed by atoms with Crippen molar-refractivity contribution in [1.82, 2.24) is 10.6 Å². The van der Waals surface area contributed by atoms with Gasteiger partial charge in [-0.2, -0.15) is 0 Å². The lowest BCUT2D eigenvalue weighted by atomic mass is 9.73. The molecule has 1 aromatic heterocycles. The van der Waals surface area contributed by atoms with Gasteiger partial charge in [-0.05, 0) is 48.4 Å². The van der Waals surface area contributed by atoms with Gasteiger partial charge in [-0.25, -0.2) is 8.42 Å². The lowest BCUT2D eigenvalue weighted by Crippen LogP contribution is -2.46. The summed E-state index contributed by atoms with van der Waals surface area (Å²) >= 11 is 1.86. The highest BCUT2D eigenvalue weighted by Crippen LogP contribution is 2.41. The van der Waals surface area contributed by atoms with Crippen molar-refractivity contribution in [3.8, 4) is 0 Å². The molecule has 1 saturated carbocycles. The third-order valence-electron chi connectivity index (χ3n) is 5.73. The van der Waals surface area contributed by atoms with Crippen LogP contribution in [0.3, 0.4) is 0 Å². The Labute approximate surface area is 178 Å². The van der Waals surface area contributed by atoms with Gasteiger partial charge in [-0.15, -0.1) is 11.3 Å². The van der Waals surface area contributed by atoms with E-state index >= 15 is 0 Å². The standard InChI is InChI=1S/C22H31N3O2S2/c1-23-21(24-15-12-18-8-10-19(11-9-18)29(2,26)27)25-17-22(13-4-3-5-14-22)20-7-6-16-28-20/h6-11,16H,3-5,12-15,17H2,1-2H3,(H2,23,24,25). The van der Waals surface area contributed by atoms with Crippen molar-refractivity contribution in [2.45, 2.75) is 48.8 Å². The number of rotatable bonds is 7. The molecule has 0 unspecified atom stereocenters. The highest BCUT2D eigenvalue weighted by Gasteiger charge is 2.34. The van der Waals surface area contributed by atoms with Crippen LogP contribution in [0.2, 0.25) is 0 Å². The minimum Gasteiger partial charge on any atom is -0.356 e. The first-order valence-electron chi connectivity index (χ1n) is 10.2. The summed E-state index contributed by atoms with van der Waals surface area (Å²) in [5, 5.41) is 9.11. The molecule has 1 aromatic carbocycles. The number of hydrogen-bond donors (Lipinski definition) is 2. The lowest BCUT2D eigenvalue weighted by Gasteiger charge is -2.37. The predicted octanol–water partition coefficient (Wildman–Crippen LogP) is 3.76. The van der Waals surface area contributed by atoms with Crippen molar-refractivity contribution in [1.29, 1.82) is 0 Å². The van der Waals surface area contributed by atoms with Gasteiger partial charge in [-0.3, -0.25) is 4.99 Å². The summed E-state index contributed by atoms with van der Waals surface area (Å²) < 4.78 is 23.1. The van der Waals surface area contributed by atoms with E-state index in [4.69, 9.17) is 0 Å². The van der Waals surface area contributed by atoms with Crippen LogP contribution in [-0.4, -0.2) is 40.8 Å². The van der Waals surface area contributed by atoms with Gasteiger partial charge in [0.1, 0.15) is 0 Å². The first kappa shape index (κ1) is 21.8. The molecule has 7 heteroatoms. The Hall–Kier alpha value is -1.86. The molecule has 0 saturated heterocycles. The van der Waals surface area contributed by atoms with E-state index in [1.807, 2.05) is 23.5 Å². The van der Waals surface area contributed by atoms with Crippen LogP contribution in [0.15, 0.2) is 51.7 Å². The maximum atomic E-state index is 11.6. The molecule has 0 spiro atoms. The van der Waals surface area contributed by atoms with E-state index in [-0.39, 0.29) is 5.41 Å². The average Bonchev–Trinajstić information content (AvgIpc) is 3.26. The molecule has 0 radical (unpaired) electrons. The minimum atomic E-state index is -3.14. The highest BCUT2D eigenvalue weighted by molar-refractivity contribution is 7.90. The normalized spacial score (nSPS) is 17.1. The van der Waals surface area contributed by atoms with Crippen molar-refractivity contribution >= 4 is 27.1 Å². The lowest BCUT2D eigenvalue weighted by molar-refractivity contribution is 0.296. The number of aliphatic imine (C=N–C) groups is 1. The molecule has 0 aliphatic heterocycles. The molecule has 0 atom stereocenters. The summed E-state index contributed by atoms with van der Waals surface area (Å²) in [6.07, 6.45) is 8.39.